The van der Waals surface area contributed by atoms with Crippen molar-refractivity contribution in [1.29, 1.82) is 0 Å². The van der Waals surface area contributed by atoms with Gasteiger partial charge in [-0.05, 0) is 96.3 Å². The molecule has 0 saturated carbocycles. The summed E-state index contributed by atoms with van der Waals surface area (Å²) >= 11 is 0. The second-order valence-electron chi connectivity index (χ2n) is 22.0. The summed E-state index contributed by atoms with van der Waals surface area (Å²) in [5, 5.41) is 0. The highest BCUT2D eigenvalue weighted by Gasteiger charge is 2.19. The van der Waals surface area contributed by atoms with Crippen molar-refractivity contribution in [1.82, 2.24) is 0 Å². The fourth-order valence-electron chi connectivity index (χ4n) is 9.44. The molecule has 0 aliphatic rings. The average molecular weight is 1070 g/mol. The van der Waals surface area contributed by atoms with Gasteiger partial charge in [0, 0.05) is 19.3 Å². The Balaban J connectivity index is 4.10. The molecule has 6 nitrogen and oxygen atoms in total. The molecule has 444 valence electrons. The molecular weight excluding hydrogens is 949 g/mol. The molecule has 1 atom stereocenters. The van der Waals surface area contributed by atoms with Gasteiger partial charge in [0.1, 0.15) is 13.2 Å². The van der Waals surface area contributed by atoms with Crippen LogP contribution >= 0.6 is 0 Å². The summed E-state index contributed by atoms with van der Waals surface area (Å²) in [5.74, 6) is -0.871. The highest BCUT2D eigenvalue weighted by molar-refractivity contribution is 5.71. The van der Waals surface area contributed by atoms with Gasteiger partial charge in [-0.25, -0.2) is 0 Å². The zero-order valence-corrected chi connectivity index (χ0v) is 51.0. The van der Waals surface area contributed by atoms with Gasteiger partial charge in [-0.3, -0.25) is 14.4 Å². The van der Waals surface area contributed by atoms with E-state index in [1.54, 1.807) is 0 Å². The van der Waals surface area contributed by atoms with Gasteiger partial charge in [-0.2, -0.15) is 0 Å². The number of hydrogen-bond donors (Lipinski definition) is 0. The van der Waals surface area contributed by atoms with Crippen LogP contribution in [-0.2, 0) is 28.6 Å². The van der Waals surface area contributed by atoms with Crippen LogP contribution in [0.1, 0.15) is 329 Å². The predicted octanol–water partition coefficient (Wildman–Crippen LogP) is 22.7. The van der Waals surface area contributed by atoms with E-state index in [-0.39, 0.29) is 31.1 Å². The number of ether oxygens (including phenoxy) is 3. The lowest BCUT2D eigenvalue weighted by molar-refractivity contribution is -0.167. The highest BCUT2D eigenvalue weighted by atomic mass is 16.6. The number of hydrogen-bond acceptors (Lipinski definition) is 6. The molecule has 0 spiro atoms. The SMILES string of the molecule is CC/C=C\C/C=C\C/C=C\C/C=C\C/C=C\CCCCCCCCCCCCCCCC(=O)OCC(COC(=O)CCCCCCCCC)OC(=O)CCCCCCCCCCCCC/C=C\C/C=C\CCCCCCC. The Morgan fingerprint density at radius 2 is 0.506 bits per heavy atom. The normalized spacial score (nSPS) is 12.6. The molecule has 0 aromatic rings. The van der Waals surface area contributed by atoms with E-state index in [0.29, 0.717) is 19.3 Å². The van der Waals surface area contributed by atoms with E-state index in [4.69, 9.17) is 14.2 Å². The van der Waals surface area contributed by atoms with Gasteiger partial charge in [0.15, 0.2) is 6.10 Å². The summed E-state index contributed by atoms with van der Waals surface area (Å²) in [7, 11) is 0. The first kappa shape index (κ1) is 73.6. The molecule has 1 unspecified atom stereocenters. The first-order valence-electron chi connectivity index (χ1n) is 33.1. The minimum atomic E-state index is -0.775. The van der Waals surface area contributed by atoms with E-state index in [0.717, 1.165) is 96.3 Å². The van der Waals surface area contributed by atoms with Crippen LogP contribution < -0.4 is 0 Å². The lowest BCUT2D eigenvalue weighted by Gasteiger charge is -2.18. The third kappa shape index (κ3) is 63.3. The van der Waals surface area contributed by atoms with Crippen LogP contribution in [0.15, 0.2) is 85.1 Å². The Morgan fingerprint density at radius 3 is 0.792 bits per heavy atom. The molecule has 0 heterocycles. The maximum absolute atomic E-state index is 12.9. The molecule has 0 aliphatic heterocycles. The minimum Gasteiger partial charge on any atom is -0.462 e. The first-order valence-corrected chi connectivity index (χ1v) is 33.1. The molecule has 0 fully saturated rings. The standard InChI is InChI=1S/C71H124O6/c1-4-7-10-13-16-18-20-22-24-26-28-30-32-33-34-35-36-37-39-40-42-44-46-48-50-52-55-58-61-64-70(73)76-67-68(66-75-69(72)63-60-57-54-15-12-9-6-3)77-71(74)65-62-59-56-53-51-49-47-45-43-41-38-31-29-27-25-23-21-19-17-14-11-8-5-2/h7,10,16,18,21-24,27-30,33-34,68H,4-6,8-9,11-15,17,19-20,25-26,31-32,35-67H2,1-3H3/b10-7-,18-16-,23-21-,24-22-,29-27-,30-28-,34-33-. The number of unbranched alkanes of at least 4 members (excludes halogenated alkanes) is 35. The zero-order chi connectivity index (χ0) is 55.7. The van der Waals surface area contributed by atoms with E-state index >= 15 is 0 Å². The van der Waals surface area contributed by atoms with Crippen molar-refractivity contribution >= 4 is 17.9 Å². The second kappa shape index (κ2) is 65.1. The van der Waals surface area contributed by atoms with Crippen LogP contribution in [0.2, 0.25) is 0 Å². The van der Waals surface area contributed by atoms with Gasteiger partial charge < -0.3 is 14.2 Å². The molecule has 0 N–H and O–H groups in total. The molecule has 6 heteroatoms. The van der Waals surface area contributed by atoms with Crippen LogP contribution in [0.5, 0.6) is 0 Å². The number of esters is 3. The van der Waals surface area contributed by atoms with Gasteiger partial charge in [-0.1, -0.05) is 298 Å². The van der Waals surface area contributed by atoms with Crippen molar-refractivity contribution in [2.75, 3.05) is 13.2 Å². The summed E-state index contributed by atoms with van der Waals surface area (Å²) in [4.78, 5) is 38.1. The Morgan fingerprint density at radius 1 is 0.273 bits per heavy atom. The van der Waals surface area contributed by atoms with Crippen molar-refractivity contribution < 1.29 is 28.6 Å². The van der Waals surface area contributed by atoms with Crippen molar-refractivity contribution in [3.8, 4) is 0 Å². The molecular formula is C71H124O6. The second-order valence-corrected chi connectivity index (χ2v) is 22.0. The van der Waals surface area contributed by atoms with Crippen molar-refractivity contribution in [2.45, 2.75) is 335 Å². The third-order valence-corrected chi connectivity index (χ3v) is 14.4. The third-order valence-electron chi connectivity index (χ3n) is 14.4. The van der Waals surface area contributed by atoms with Gasteiger partial charge in [0.25, 0.3) is 0 Å². The number of allylic oxidation sites excluding steroid dienone is 14. The molecule has 0 aromatic heterocycles. The Kier molecular flexibility index (Phi) is 62.2. The minimum absolute atomic E-state index is 0.0744. The van der Waals surface area contributed by atoms with Crippen LogP contribution in [0, 0.1) is 0 Å². The summed E-state index contributed by atoms with van der Waals surface area (Å²) in [6.07, 6.45) is 86.2. The van der Waals surface area contributed by atoms with Crippen LogP contribution in [0.3, 0.4) is 0 Å². The molecule has 0 bridgehead atoms. The van der Waals surface area contributed by atoms with Crippen LogP contribution in [0.25, 0.3) is 0 Å². The van der Waals surface area contributed by atoms with Crippen molar-refractivity contribution in [3.05, 3.63) is 85.1 Å². The van der Waals surface area contributed by atoms with E-state index in [2.05, 4.69) is 106 Å². The van der Waals surface area contributed by atoms with Gasteiger partial charge in [-0.15, -0.1) is 0 Å². The molecule has 0 saturated heterocycles. The quantitative estimate of drug-likeness (QED) is 0.0261. The Bertz CT molecular complexity index is 1470. The Hall–Kier alpha value is -3.41. The van der Waals surface area contributed by atoms with Gasteiger partial charge in [0.2, 0.25) is 0 Å². The van der Waals surface area contributed by atoms with E-state index in [1.165, 1.54) is 193 Å². The van der Waals surface area contributed by atoms with E-state index in [9.17, 15) is 14.4 Å². The largest absolute Gasteiger partial charge is 0.462 e. The summed E-state index contributed by atoms with van der Waals surface area (Å²) in [6.45, 7) is 6.51. The number of rotatable bonds is 60. The molecule has 0 amide bonds. The highest BCUT2D eigenvalue weighted by Crippen LogP contribution is 2.17. The fraction of sp³-hybridized carbons (Fsp3) is 0.761. The summed E-state index contributed by atoms with van der Waals surface area (Å²) < 4.78 is 16.9. The lowest BCUT2D eigenvalue weighted by Crippen LogP contribution is -2.30. The number of carbonyl (C=O) groups excluding carboxylic acids is 3. The molecule has 0 aromatic carbocycles. The maximum atomic E-state index is 12.9. The van der Waals surface area contributed by atoms with Gasteiger partial charge in [0.05, 0.1) is 0 Å². The topological polar surface area (TPSA) is 78.9 Å². The molecule has 0 rings (SSSR count). The zero-order valence-electron chi connectivity index (χ0n) is 51.0. The van der Waals surface area contributed by atoms with Crippen molar-refractivity contribution in [2.24, 2.45) is 0 Å². The molecule has 0 aliphatic carbocycles. The monoisotopic (exact) mass is 1070 g/mol. The smallest absolute Gasteiger partial charge is 0.306 e. The van der Waals surface area contributed by atoms with Crippen LogP contribution in [0.4, 0.5) is 0 Å². The predicted molar refractivity (Wildman–Crippen MR) is 334 cm³/mol. The average Bonchev–Trinajstić information content (AvgIpc) is 3.43. The van der Waals surface area contributed by atoms with Crippen LogP contribution in [-0.4, -0.2) is 37.2 Å². The maximum Gasteiger partial charge on any atom is 0.306 e. The summed E-state index contributed by atoms with van der Waals surface area (Å²) in [5.41, 5.74) is 0. The van der Waals surface area contributed by atoms with E-state index in [1.807, 2.05) is 0 Å². The van der Waals surface area contributed by atoms with E-state index < -0.39 is 6.10 Å². The Labute approximate surface area is 477 Å². The number of carbonyl (C=O) groups is 3. The first-order chi connectivity index (χ1) is 38.0. The molecule has 0 radical (unpaired) electrons. The lowest BCUT2D eigenvalue weighted by atomic mass is 10.0. The molecule has 77 heavy (non-hydrogen) atoms. The fourth-order valence-corrected chi connectivity index (χ4v) is 9.44. The summed E-state index contributed by atoms with van der Waals surface area (Å²) in [6, 6.07) is 0. The van der Waals surface area contributed by atoms with Crippen molar-refractivity contribution in [3.63, 3.8) is 0 Å². The van der Waals surface area contributed by atoms with Gasteiger partial charge >= 0.3 is 17.9 Å².